The maximum Gasteiger partial charge on any atom is 0.272 e. The van der Waals surface area contributed by atoms with Gasteiger partial charge in [0.1, 0.15) is 11.5 Å². The summed E-state index contributed by atoms with van der Waals surface area (Å²) in [6.45, 7) is 2.59. The van der Waals surface area contributed by atoms with E-state index in [1.54, 1.807) is 30.1 Å². The van der Waals surface area contributed by atoms with Crippen molar-refractivity contribution in [1.82, 2.24) is 9.88 Å². The van der Waals surface area contributed by atoms with Crippen LogP contribution in [0.4, 0.5) is 5.82 Å². The molecule has 2 aromatic rings. The van der Waals surface area contributed by atoms with Crippen molar-refractivity contribution < 1.29 is 4.79 Å². The molecule has 0 fully saturated rings. The molecule has 0 aliphatic carbocycles. The van der Waals surface area contributed by atoms with Crippen LogP contribution in [0.2, 0.25) is 0 Å². The topological polar surface area (TPSA) is 59.2 Å². The molecule has 1 aromatic carbocycles. The molecule has 0 unspecified atom stereocenters. The lowest BCUT2D eigenvalue weighted by atomic mass is 10.1. The largest absolute Gasteiger partial charge is 0.384 e. The summed E-state index contributed by atoms with van der Waals surface area (Å²) in [5.74, 6) is 0.225. The summed E-state index contributed by atoms with van der Waals surface area (Å²) in [5.41, 5.74) is 8.25. The Kier molecular flexibility index (Phi) is 3.80. The summed E-state index contributed by atoms with van der Waals surface area (Å²) >= 11 is 0. The number of hydrogen-bond acceptors (Lipinski definition) is 3. The zero-order valence-electron chi connectivity index (χ0n) is 11.1. The molecule has 0 aliphatic rings. The van der Waals surface area contributed by atoms with E-state index in [-0.39, 0.29) is 5.91 Å². The molecule has 4 heteroatoms. The smallest absolute Gasteiger partial charge is 0.272 e. The first-order chi connectivity index (χ1) is 9.06. The molecule has 98 valence electrons. The van der Waals surface area contributed by atoms with Gasteiger partial charge in [-0.15, -0.1) is 0 Å². The zero-order valence-corrected chi connectivity index (χ0v) is 11.1. The van der Waals surface area contributed by atoms with E-state index < -0.39 is 0 Å². The first kappa shape index (κ1) is 13.1. The van der Waals surface area contributed by atoms with E-state index in [1.165, 1.54) is 5.56 Å². The minimum atomic E-state index is -0.132. The average molecular weight is 255 g/mol. The van der Waals surface area contributed by atoms with Gasteiger partial charge in [-0.1, -0.05) is 35.9 Å². The van der Waals surface area contributed by atoms with Gasteiger partial charge >= 0.3 is 0 Å². The predicted molar refractivity (Wildman–Crippen MR) is 75.6 cm³/mol. The Labute approximate surface area is 112 Å². The van der Waals surface area contributed by atoms with Gasteiger partial charge < -0.3 is 10.6 Å². The number of nitrogens with zero attached hydrogens (tertiary/aromatic N) is 2. The van der Waals surface area contributed by atoms with Gasteiger partial charge in [0.05, 0.1) is 0 Å². The molecule has 0 spiro atoms. The highest BCUT2D eigenvalue weighted by molar-refractivity contribution is 5.92. The molecule has 1 aromatic heterocycles. The Hall–Kier alpha value is -2.36. The van der Waals surface area contributed by atoms with Gasteiger partial charge in [0.15, 0.2) is 0 Å². The standard InChI is InChI=1S/C15H17N3O/c1-11-6-8-12(9-7-11)10-18(2)15(19)13-4-3-5-14(16)17-13/h3-9H,10H2,1-2H3,(H2,16,17). The summed E-state index contributed by atoms with van der Waals surface area (Å²) in [5, 5.41) is 0. The number of carbonyl (C=O) groups excluding carboxylic acids is 1. The Bertz CT molecular complexity index is 578. The second-order valence-corrected chi connectivity index (χ2v) is 4.59. The molecule has 0 radical (unpaired) electrons. The summed E-state index contributed by atoms with van der Waals surface area (Å²) < 4.78 is 0. The molecule has 19 heavy (non-hydrogen) atoms. The number of amides is 1. The van der Waals surface area contributed by atoms with E-state index in [0.717, 1.165) is 5.56 Å². The normalized spacial score (nSPS) is 10.2. The SMILES string of the molecule is Cc1ccc(CN(C)C(=O)c2cccc(N)n2)cc1. The summed E-state index contributed by atoms with van der Waals surface area (Å²) in [6, 6.07) is 13.2. The lowest BCUT2D eigenvalue weighted by Crippen LogP contribution is -2.27. The third kappa shape index (κ3) is 3.31. The van der Waals surface area contributed by atoms with Crippen molar-refractivity contribution in [1.29, 1.82) is 0 Å². The number of rotatable bonds is 3. The molecule has 0 bridgehead atoms. The predicted octanol–water partition coefficient (Wildman–Crippen LogP) is 2.24. The van der Waals surface area contributed by atoms with E-state index in [1.807, 2.05) is 31.2 Å². The van der Waals surface area contributed by atoms with Gasteiger partial charge in [0.25, 0.3) is 5.91 Å². The lowest BCUT2D eigenvalue weighted by molar-refractivity contribution is 0.0779. The molecule has 1 amide bonds. The van der Waals surface area contributed by atoms with Gasteiger partial charge in [-0.25, -0.2) is 4.98 Å². The second-order valence-electron chi connectivity index (χ2n) is 4.59. The van der Waals surface area contributed by atoms with Crippen LogP contribution in [0.1, 0.15) is 21.6 Å². The number of hydrogen-bond donors (Lipinski definition) is 1. The van der Waals surface area contributed by atoms with Crippen molar-refractivity contribution in [3.63, 3.8) is 0 Å². The van der Waals surface area contributed by atoms with Gasteiger partial charge in [-0.05, 0) is 24.6 Å². The van der Waals surface area contributed by atoms with Crippen LogP contribution in [0.25, 0.3) is 0 Å². The minimum absolute atomic E-state index is 0.132. The fourth-order valence-corrected chi connectivity index (χ4v) is 1.81. The number of carbonyl (C=O) groups is 1. The monoisotopic (exact) mass is 255 g/mol. The lowest BCUT2D eigenvalue weighted by Gasteiger charge is -2.17. The van der Waals surface area contributed by atoms with Crippen LogP contribution in [0.5, 0.6) is 0 Å². The Morgan fingerprint density at radius 3 is 2.53 bits per heavy atom. The fraction of sp³-hybridized carbons (Fsp3) is 0.200. The van der Waals surface area contributed by atoms with Gasteiger partial charge in [-0.2, -0.15) is 0 Å². The van der Waals surface area contributed by atoms with Crippen LogP contribution < -0.4 is 5.73 Å². The number of aryl methyl sites for hydroxylation is 1. The Morgan fingerprint density at radius 1 is 1.21 bits per heavy atom. The Balaban J connectivity index is 2.09. The maximum absolute atomic E-state index is 12.2. The van der Waals surface area contributed by atoms with Gasteiger partial charge in [0.2, 0.25) is 0 Å². The van der Waals surface area contributed by atoms with Gasteiger partial charge in [0, 0.05) is 13.6 Å². The summed E-state index contributed by atoms with van der Waals surface area (Å²) in [7, 11) is 1.76. The van der Waals surface area contributed by atoms with Gasteiger partial charge in [-0.3, -0.25) is 4.79 Å². The van der Waals surface area contributed by atoms with Crippen molar-refractivity contribution in [2.75, 3.05) is 12.8 Å². The number of nitrogens with two attached hydrogens (primary N) is 1. The molecule has 0 atom stereocenters. The summed E-state index contributed by atoms with van der Waals surface area (Å²) in [4.78, 5) is 17.8. The molecule has 0 saturated carbocycles. The zero-order chi connectivity index (χ0) is 13.8. The van der Waals surface area contributed by atoms with Crippen molar-refractivity contribution in [2.24, 2.45) is 0 Å². The third-order valence-electron chi connectivity index (χ3n) is 2.88. The average Bonchev–Trinajstić information content (AvgIpc) is 2.40. The van der Waals surface area contributed by atoms with Crippen molar-refractivity contribution in [3.8, 4) is 0 Å². The van der Waals surface area contributed by atoms with E-state index in [2.05, 4.69) is 4.98 Å². The van der Waals surface area contributed by atoms with E-state index in [0.29, 0.717) is 18.1 Å². The highest BCUT2D eigenvalue weighted by Gasteiger charge is 2.13. The van der Waals surface area contributed by atoms with Crippen molar-refractivity contribution >= 4 is 11.7 Å². The molecule has 1 heterocycles. The number of nitrogen functional groups attached to an aromatic ring is 1. The molecular formula is C15H17N3O. The van der Waals surface area contributed by atoms with Crippen molar-refractivity contribution in [2.45, 2.75) is 13.5 Å². The summed E-state index contributed by atoms with van der Waals surface area (Å²) in [6.07, 6.45) is 0. The molecule has 4 nitrogen and oxygen atoms in total. The third-order valence-corrected chi connectivity index (χ3v) is 2.88. The quantitative estimate of drug-likeness (QED) is 0.915. The first-order valence-electron chi connectivity index (χ1n) is 6.10. The van der Waals surface area contributed by atoms with Crippen LogP contribution in [-0.4, -0.2) is 22.8 Å². The fourth-order valence-electron chi connectivity index (χ4n) is 1.81. The van der Waals surface area contributed by atoms with Crippen LogP contribution in [0, 0.1) is 6.92 Å². The Morgan fingerprint density at radius 2 is 1.89 bits per heavy atom. The second kappa shape index (κ2) is 5.52. The first-order valence-corrected chi connectivity index (χ1v) is 6.10. The van der Waals surface area contributed by atoms with Crippen LogP contribution >= 0.6 is 0 Å². The van der Waals surface area contributed by atoms with Crippen LogP contribution in [-0.2, 0) is 6.54 Å². The molecule has 2 rings (SSSR count). The number of anilines is 1. The molecule has 0 saturated heterocycles. The molecule has 0 aliphatic heterocycles. The van der Waals surface area contributed by atoms with E-state index in [9.17, 15) is 4.79 Å². The highest BCUT2D eigenvalue weighted by atomic mass is 16.2. The minimum Gasteiger partial charge on any atom is -0.384 e. The number of aromatic nitrogens is 1. The molecule has 2 N–H and O–H groups in total. The number of pyridine rings is 1. The molecular weight excluding hydrogens is 238 g/mol. The van der Waals surface area contributed by atoms with Crippen molar-refractivity contribution in [3.05, 3.63) is 59.3 Å². The maximum atomic E-state index is 12.2. The van der Waals surface area contributed by atoms with Crippen LogP contribution in [0.15, 0.2) is 42.5 Å². The van der Waals surface area contributed by atoms with E-state index >= 15 is 0 Å². The highest BCUT2D eigenvalue weighted by Crippen LogP contribution is 2.09. The number of benzene rings is 1. The van der Waals surface area contributed by atoms with E-state index in [4.69, 9.17) is 5.73 Å². The van der Waals surface area contributed by atoms with Crippen LogP contribution in [0.3, 0.4) is 0 Å².